The standard InChI is InChI=1S/C27H28N4O2S/c28-34-25-15-9-22(10-16-25)19-33-24-13-11-23(12-14-24)26-18-31(20-30-26)27(32)29-17-5-4-8-21-6-2-1-3-7-21/h1-3,6-7,9-16,18,20H,4-5,8,17,19,28H2,(H,29,32). The summed E-state index contributed by atoms with van der Waals surface area (Å²) in [4.78, 5) is 17.8. The van der Waals surface area contributed by atoms with Crippen LogP contribution in [0.5, 0.6) is 5.75 Å². The van der Waals surface area contributed by atoms with Crippen LogP contribution in [0.25, 0.3) is 11.3 Å². The van der Waals surface area contributed by atoms with E-state index in [0.717, 1.165) is 46.7 Å². The molecule has 0 spiro atoms. The molecule has 0 fully saturated rings. The first-order valence-corrected chi connectivity index (χ1v) is 12.1. The summed E-state index contributed by atoms with van der Waals surface area (Å²) in [5.41, 5.74) is 4.06. The zero-order valence-electron chi connectivity index (χ0n) is 18.9. The van der Waals surface area contributed by atoms with Crippen molar-refractivity contribution in [2.75, 3.05) is 6.54 Å². The van der Waals surface area contributed by atoms with Crippen LogP contribution in [0.15, 0.2) is 96.3 Å². The molecule has 0 radical (unpaired) electrons. The van der Waals surface area contributed by atoms with Crippen LogP contribution in [0, 0.1) is 0 Å². The summed E-state index contributed by atoms with van der Waals surface area (Å²) in [5, 5.41) is 8.51. The van der Waals surface area contributed by atoms with Crippen LogP contribution in [0.1, 0.15) is 24.0 Å². The van der Waals surface area contributed by atoms with Crippen molar-refractivity contribution in [3.8, 4) is 17.0 Å². The molecule has 7 heteroatoms. The number of hydrogen-bond acceptors (Lipinski definition) is 5. The fourth-order valence-electron chi connectivity index (χ4n) is 3.52. The summed E-state index contributed by atoms with van der Waals surface area (Å²) in [5.74, 6) is 0.772. The molecule has 1 amide bonds. The van der Waals surface area contributed by atoms with Gasteiger partial charge < -0.3 is 10.1 Å². The van der Waals surface area contributed by atoms with Gasteiger partial charge in [-0.05, 0) is 78.7 Å². The minimum atomic E-state index is -0.169. The van der Waals surface area contributed by atoms with Crippen molar-refractivity contribution in [3.05, 3.63) is 103 Å². The Balaban J connectivity index is 1.22. The first-order valence-electron chi connectivity index (χ1n) is 11.3. The zero-order valence-corrected chi connectivity index (χ0v) is 19.7. The third-order valence-electron chi connectivity index (χ3n) is 5.44. The molecular weight excluding hydrogens is 444 g/mol. The predicted molar refractivity (Wildman–Crippen MR) is 137 cm³/mol. The molecule has 1 aromatic heterocycles. The second kappa shape index (κ2) is 12.1. The molecule has 34 heavy (non-hydrogen) atoms. The van der Waals surface area contributed by atoms with Gasteiger partial charge in [0.1, 0.15) is 18.7 Å². The SMILES string of the molecule is NSc1ccc(COc2ccc(-c3cn(C(=O)NCCCCc4ccccc4)cn3)cc2)cc1. The summed E-state index contributed by atoms with van der Waals surface area (Å²) in [6.07, 6.45) is 6.27. The first-order chi connectivity index (χ1) is 16.7. The number of carbonyl (C=O) groups is 1. The molecule has 0 aliphatic heterocycles. The van der Waals surface area contributed by atoms with Gasteiger partial charge in [-0.1, -0.05) is 42.5 Å². The molecule has 174 valence electrons. The lowest BCUT2D eigenvalue weighted by Gasteiger charge is -2.07. The molecule has 0 bridgehead atoms. The van der Waals surface area contributed by atoms with Gasteiger partial charge in [0.2, 0.25) is 0 Å². The Morgan fingerprint density at radius 1 is 0.941 bits per heavy atom. The summed E-state index contributed by atoms with van der Waals surface area (Å²) < 4.78 is 7.35. The number of imidazole rings is 1. The second-order valence-electron chi connectivity index (χ2n) is 7.92. The molecule has 1 heterocycles. The van der Waals surface area contributed by atoms with Gasteiger partial charge in [0.05, 0.1) is 5.69 Å². The highest BCUT2D eigenvalue weighted by Crippen LogP contribution is 2.22. The Kier molecular flexibility index (Phi) is 8.38. The van der Waals surface area contributed by atoms with Crippen LogP contribution in [0.4, 0.5) is 4.79 Å². The summed E-state index contributed by atoms with van der Waals surface area (Å²) in [6, 6.07) is 25.9. The average Bonchev–Trinajstić information content (AvgIpc) is 3.39. The van der Waals surface area contributed by atoms with Crippen LogP contribution in [-0.2, 0) is 13.0 Å². The fraction of sp³-hybridized carbons (Fsp3) is 0.185. The van der Waals surface area contributed by atoms with Crippen molar-refractivity contribution < 1.29 is 9.53 Å². The first kappa shape index (κ1) is 23.6. The topological polar surface area (TPSA) is 82.2 Å². The monoisotopic (exact) mass is 472 g/mol. The summed E-state index contributed by atoms with van der Waals surface area (Å²) >= 11 is 1.23. The number of unbranched alkanes of at least 4 members (excludes halogenated alkanes) is 1. The van der Waals surface area contributed by atoms with Crippen molar-refractivity contribution >= 4 is 18.0 Å². The van der Waals surface area contributed by atoms with Gasteiger partial charge >= 0.3 is 6.03 Å². The highest BCUT2D eigenvalue weighted by atomic mass is 32.2. The van der Waals surface area contributed by atoms with E-state index in [1.165, 1.54) is 22.1 Å². The minimum Gasteiger partial charge on any atom is -0.489 e. The number of nitrogens with zero attached hydrogens (tertiary/aromatic N) is 2. The van der Waals surface area contributed by atoms with Crippen LogP contribution >= 0.6 is 11.9 Å². The van der Waals surface area contributed by atoms with Gasteiger partial charge in [-0.25, -0.2) is 9.78 Å². The van der Waals surface area contributed by atoms with E-state index in [-0.39, 0.29) is 6.03 Å². The van der Waals surface area contributed by atoms with Crippen molar-refractivity contribution in [1.29, 1.82) is 0 Å². The van der Waals surface area contributed by atoms with Crippen molar-refractivity contribution in [2.24, 2.45) is 5.14 Å². The highest BCUT2D eigenvalue weighted by molar-refractivity contribution is 7.97. The smallest absolute Gasteiger partial charge is 0.326 e. The van der Waals surface area contributed by atoms with Crippen LogP contribution in [0.2, 0.25) is 0 Å². The number of amides is 1. The van der Waals surface area contributed by atoms with Crippen molar-refractivity contribution in [3.63, 3.8) is 0 Å². The van der Waals surface area contributed by atoms with Gasteiger partial charge in [-0.2, -0.15) is 0 Å². The maximum Gasteiger partial charge on any atom is 0.326 e. The van der Waals surface area contributed by atoms with Crippen LogP contribution < -0.4 is 15.2 Å². The molecule has 4 rings (SSSR count). The lowest BCUT2D eigenvalue weighted by Crippen LogP contribution is -2.28. The Bertz CT molecular complexity index is 1180. The van der Waals surface area contributed by atoms with Gasteiger partial charge in [0, 0.05) is 23.2 Å². The summed E-state index contributed by atoms with van der Waals surface area (Å²) in [6.45, 7) is 1.12. The van der Waals surface area contributed by atoms with E-state index in [0.29, 0.717) is 13.2 Å². The van der Waals surface area contributed by atoms with Gasteiger partial charge in [0.15, 0.2) is 0 Å². The third-order valence-corrected chi connectivity index (χ3v) is 5.99. The molecule has 4 aromatic rings. The van der Waals surface area contributed by atoms with E-state index < -0.39 is 0 Å². The molecule has 6 nitrogen and oxygen atoms in total. The van der Waals surface area contributed by atoms with E-state index in [2.05, 4.69) is 34.6 Å². The quantitative estimate of drug-likeness (QED) is 0.229. The fourth-order valence-corrected chi connectivity index (χ4v) is 3.81. The number of nitrogens with one attached hydrogen (secondary N) is 1. The summed E-state index contributed by atoms with van der Waals surface area (Å²) in [7, 11) is 0. The van der Waals surface area contributed by atoms with Crippen LogP contribution in [0.3, 0.4) is 0 Å². The molecule has 3 aromatic carbocycles. The molecule has 0 saturated heterocycles. The van der Waals surface area contributed by atoms with E-state index in [9.17, 15) is 4.79 Å². The predicted octanol–water partition coefficient (Wildman–Crippen LogP) is 5.68. The zero-order chi connectivity index (χ0) is 23.6. The molecule has 0 aliphatic carbocycles. The maximum atomic E-state index is 12.4. The molecule has 0 atom stereocenters. The van der Waals surface area contributed by atoms with E-state index in [1.54, 1.807) is 12.5 Å². The number of hydrogen-bond donors (Lipinski definition) is 2. The molecule has 0 unspecified atom stereocenters. The number of benzene rings is 3. The van der Waals surface area contributed by atoms with Crippen molar-refractivity contribution in [2.45, 2.75) is 30.8 Å². The van der Waals surface area contributed by atoms with Crippen molar-refractivity contribution in [1.82, 2.24) is 14.9 Å². The molecule has 0 aliphatic rings. The van der Waals surface area contributed by atoms with E-state index in [1.807, 2.05) is 54.6 Å². The van der Waals surface area contributed by atoms with Gasteiger partial charge in [-0.3, -0.25) is 9.71 Å². The second-order valence-corrected chi connectivity index (χ2v) is 8.62. The number of nitrogens with two attached hydrogens (primary N) is 1. The maximum absolute atomic E-state index is 12.4. The Morgan fingerprint density at radius 3 is 2.44 bits per heavy atom. The minimum absolute atomic E-state index is 0.169. The number of carbonyl (C=O) groups excluding carboxylic acids is 1. The molecule has 3 N–H and O–H groups in total. The Hall–Kier alpha value is -3.55. The van der Waals surface area contributed by atoms with Gasteiger partial charge in [0.25, 0.3) is 0 Å². The van der Waals surface area contributed by atoms with Gasteiger partial charge in [-0.15, -0.1) is 0 Å². The highest BCUT2D eigenvalue weighted by Gasteiger charge is 2.08. The number of rotatable bonds is 10. The lowest BCUT2D eigenvalue weighted by atomic mass is 10.1. The molecular formula is C27H28N4O2S. The number of ether oxygens (including phenoxy) is 1. The number of aromatic nitrogens is 2. The lowest BCUT2D eigenvalue weighted by molar-refractivity contribution is 0.242. The largest absolute Gasteiger partial charge is 0.489 e. The Morgan fingerprint density at radius 2 is 1.71 bits per heavy atom. The average molecular weight is 473 g/mol. The third kappa shape index (κ3) is 6.73. The molecule has 0 saturated carbocycles. The van der Waals surface area contributed by atoms with E-state index in [4.69, 9.17) is 9.88 Å². The normalized spacial score (nSPS) is 10.7. The Labute approximate surface area is 204 Å². The van der Waals surface area contributed by atoms with Crippen LogP contribution in [-0.4, -0.2) is 22.1 Å². The van der Waals surface area contributed by atoms with E-state index >= 15 is 0 Å². The number of aryl methyl sites for hydroxylation is 1.